The van der Waals surface area contributed by atoms with Crippen molar-refractivity contribution in [2.45, 2.75) is 194 Å². The Bertz CT molecular complexity index is 3070. The van der Waals surface area contributed by atoms with Gasteiger partial charge in [0.05, 0.1) is 72.4 Å². The zero-order chi connectivity index (χ0) is 73.7. The van der Waals surface area contributed by atoms with Crippen molar-refractivity contribution >= 4 is 47.0 Å². The summed E-state index contributed by atoms with van der Waals surface area (Å²) in [6.45, 7) is 3.32. The highest BCUT2D eigenvalue weighted by Gasteiger charge is 2.49. The van der Waals surface area contributed by atoms with Crippen LogP contribution in [-0.4, -0.2) is 308 Å². The Hall–Kier alpha value is -4.28. The molecule has 1 aliphatic carbocycles. The summed E-state index contributed by atoms with van der Waals surface area (Å²) in [5, 5.41) is 169. The number of hydrogen-bond acceptors (Lipinski definition) is 36. The molecule has 8 bridgehead atoms. The number of thioether (sulfide) groups is 4. The Morgan fingerprint density at radius 2 is 0.452 bits per heavy atom. The van der Waals surface area contributed by atoms with Crippen LogP contribution in [0.25, 0.3) is 0 Å². The van der Waals surface area contributed by atoms with Gasteiger partial charge in [0.25, 0.3) is 0 Å². The SMILES string of the molecule is CC1c2cc3c4c(SCCO[C@@H]5O[C@H](CO)[C@@H](O)[C@H](O)[C@H]5O)c2OCOc2c1cc1c(c2SCCO[C@@H]2O[C@H](CO)[C@@H](O)[C@H](O)[C@H]2O)OCOc2c(cc5c(c2SCCO[C@@H]2O[C@H](CO)[C@@H](O)[C@H](O)[C@H]2O)OCOc2c(cc(c(c2SCCO[C@@H]2O[C@H](CO)[C@@H](O)[C@H](O)[C@H]2O)OCO4)C3C)C5C)C1C. The smallest absolute Gasteiger partial charge is 0.231 e. The van der Waals surface area contributed by atoms with Crippen LogP contribution < -0.4 is 37.9 Å². The fourth-order valence-corrected chi connectivity index (χ4v) is 18.3. The number of aliphatic hydroxyl groups is 16. The monoisotopic (exact) mass is 1540 g/mol. The van der Waals surface area contributed by atoms with E-state index in [-0.39, 0.29) is 49.4 Å². The van der Waals surface area contributed by atoms with Crippen LogP contribution >= 0.6 is 47.0 Å². The Labute approximate surface area is 613 Å². The van der Waals surface area contributed by atoms with Crippen molar-refractivity contribution in [3.05, 3.63) is 68.8 Å². The van der Waals surface area contributed by atoms with Crippen LogP contribution in [0.5, 0.6) is 46.0 Å². The first kappa shape index (κ1) is 77.9. The van der Waals surface area contributed by atoms with E-state index in [0.717, 1.165) is 0 Å². The lowest BCUT2D eigenvalue weighted by atomic mass is 9.80. The van der Waals surface area contributed by atoms with Gasteiger partial charge in [-0.1, -0.05) is 27.7 Å². The molecule has 0 unspecified atom stereocenters. The maximum atomic E-state index is 11.0. The highest BCUT2D eigenvalue weighted by Crippen LogP contribution is 2.60. The number of aliphatic hydroxyl groups excluding tert-OH is 16. The van der Waals surface area contributed by atoms with Gasteiger partial charge < -0.3 is 157 Å². The molecule has 0 saturated carbocycles. The van der Waals surface area contributed by atoms with Crippen LogP contribution in [0.1, 0.15) is 95.9 Å². The minimum Gasteiger partial charge on any atom is -0.456 e. The zero-order valence-electron chi connectivity index (χ0n) is 56.8. The molecular formula is C68H88O32S4. The summed E-state index contributed by atoms with van der Waals surface area (Å²) in [5.74, 6) is 1.07. The van der Waals surface area contributed by atoms with Gasteiger partial charge in [-0.2, -0.15) is 0 Å². The number of ether oxygens (including phenoxy) is 16. The lowest BCUT2D eigenvalue weighted by Crippen LogP contribution is -2.59. The van der Waals surface area contributed by atoms with Crippen molar-refractivity contribution < 1.29 is 157 Å². The van der Waals surface area contributed by atoms with Gasteiger partial charge in [0.1, 0.15) is 144 Å². The Morgan fingerprint density at radius 3 is 0.615 bits per heavy atom. The van der Waals surface area contributed by atoms with Gasteiger partial charge >= 0.3 is 0 Å². The lowest BCUT2D eigenvalue weighted by Gasteiger charge is -2.39. The van der Waals surface area contributed by atoms with Crippen LogP contribution in [0.3, 0.4) is 0 Å². The van der Waals surface area contributed by atoms with E-state index < -0.39 is 200 Å². The van der Waals surface area contributed by atoms with E-state index in [2.05, 4.69) is 0 Å². The Balaban J connectivity index is 0.955. The summed E-state index contributed by atoms with van der Waals surface area (Å²) < 4.78 is 102. The standard InChI is InChI=1S/C68H88O32S4/c1-25-29-13-31-26(2)33-15-35-28(4)36-16-34-27(3)32-14-30(25)54-62(102-10-6-86-66-50(82)46(78)42(74)38(18-70)98-66)56(32)92-23-94-58(34)64(104-12-8-88-68-52(84)48(80)44(76)40(20-72)100-68)60(36)96-24-95-59(35)63(103-11-7-87-67-51(83)47(79)43(75)39(19-71)99-67)57(33)93-22-91-55(31)61(53(29)89-21-90-54)101-9-5-85-65-49(81)45(77)41(73)37(17-69)97-65/h13-16,25-28,37-52,65-84H,5-12,17-24H2,1-4H3/t25?,26?,27?,28?,37-,38-,39-,40-,41-,42-,43-,44-,45+,46+,47+,48+,49-,50-,51-,52-,65-,66-,67-,68-/m1/s1. The highest BCUT2D eigenvalue weighted by molar-refractivity contribution is 8.00. The normalized spacial score (nSPS) is 34.7. The van der Waals surface area contributed by atoms with Crippen molar-refractivity contribution in [3.63, 3.8) is 0 Å². The molecule has 4 saturated heterocycles. The largest absolute Gasteiger partial charge is 0.456 e. The number of rotatable bonds is 24. The van der Waals surface area contributed by atoms with E-state index in [1.165, 1.54) is 47.0 Å². The van der Waals surface area contributed by atoms with Crippen LogP contribution in [0, 0.1) is 0 Å². The van der Waals surface area contributed by atoms with E-state index in [9.17, 15) is 81.7 Å². The second kappa shape index (κ2) is 33.5. The molecule has 0 aromatic heterocycles. The molecular weight excluding hydrogens is 1460 g/mol. The van der Waals surface area contributed by atoms with Crippen molar-refractivity contribution in [2.24, 2.45) is 0 Å². The molecule has 8 heterocycles. The predicted octanol–water partition coefficient (Wildman–Crippen LogP) is -0.844. The maximum Gasteiger partial charge on any atom is 0.231 e. The average Bonchev–Trinajstić information content (AvgIpc) is 0.724. The van der Waals surface area contributed by atoms with Gasteiger partial charge in [-0.15, -0.1) is 47.0 Å². The minimum absolute atomic E-state index is 0.112. The molecule has 576 valence electrons. The summed E-state index contributed by atoms with van der Waals surface area (Å²) in [6.07, 6.45) is -30.5. The predicted molar refractivity (Wildman–Crippen MR) is 362 cm³/mol. The number of benzene rings is 4. The molecule has 16 N–H and O–H groups in total. The molecule has 13 rings (SSSR count). The van der Waals surface area contributed by atoms with Crippen LogP contribution in [0.2, 0.25) is 0 Å². The molecule has 36 heteroatoms. The molecule has 20 atom stereocenters. The van der Waals surface area contributed by atoms with Crippen molar-refractivity contribution in [3.8, 4) is 46.0 Å². The van der Waals surface area contributed by atoms with Crippen LogP contribution in [-0.2, 0) is 37.9 Å². The molecule has 32 nitrogen and oxygen atoms in total. The van der Waals surface area contributed by atoms with Crippen molar-refractivity contribution in [1.82, 2.24) is 0 Å². The minimum atomic E-state index is -1.69. The summed E-state index contributed by atoms with van der Waals surface area (Å²) in [4.78, 5) is 2.01. The molecule has 4 aromatic rings. The second-order valence-corrected chi connectivity index (χ2v) is 30.8. The molecule has 4 aromatic carbocycles. The van der Waals surface area contributed by atoms with Gasteiger partial charge in [-0.3, -0.25) is 0 Å². The maximum absolute atomic E-state index is 11.0. The van der Waals surface area contributed by atoms with Crippen molar-refractivity contribution in [1.29, 1.82) is 0 Å². The third-order valence-electron chi connectivity index (χ3n) is 20.2. The highest BCUT2D eigenvalue weighted by atomic mass is 32.2. The third kappa shape index (κ3) is 14.9. The lowest BCUT2D eigenvalue weighted by molar-refractivity contribution is -0.299. The molecule has 8 aliphatic heterocycles. The first-order valence-corrected chi connectivity index (χ1v) is 38.1. The van der Waals surface area contributed by atoms with Gasteiger partial charge in [0.2, 0.25) is 27.2 Å². The first-order chi connectivity index (χ1) is 50.1. The quantitative estimate of drug-likeness (QED) is 0.0300. The summed E-state index contributed by atoms with van der Waals surface area (Å²) in [5.41, 5.74) is 5.43. The zero-order valence-corrected chi connectivity index (χ0v) is 60.1. The van der Waals surface area contributed by atoms with Crippen LogP contribution in [0.15, 0.2) is 43.8 Å². The third-order valence-corrected chi connectivity index (χ3v) is 24.3. The van der Waals surface area contributed by atoms with E-state index in [0.29, 0.717) is 110 Å². The molecule has 104 heavy (non-hydrogen) atoms. The topological polar surface area (TPSA) is 471 Å². The molecule has 0 radical (unpaired) electrons. The molecule has 9 aliphatic rings. The molecule has 4 fully saturated rings. The fraction of sp³-hybridized carbons (Fsp3) is 0.647. The summed E-state index contributed by atoms with van der Waals surface area (Å²) in [6, 6.07) is 8.13. The van der Waals surface area contributed by atoms with E-state index in [1.807, 2.05) is 52.0 Å². The number of hydrogen-bond donors (Lipinski definition) is 16. The van der Waals surface area contributed by atoms with Gasteiger partial charge in [-0.25, -0.2) is 0 Å². The van der Waals surface area contributed by atoms with Crippen LogP contribution in [0.4, 0.5) is 0 Å². The summed E-state index contributed by atoms with van der Waals surface area (Å²) in [7, 11) is 0. The Kier molecular flexibility index (Phi) is 25.1. The second-order valence-electron chi connectivity index (χ2n) is 26.3. The molecule has 0 amide bonds. The average molecular weight is 1550 g/mol. The van der Waals surface area contributed by atoms with Gasteiger partial charge in [0, 0.05) is 91.2 Å². The molecule has 0 spiro atoms. The van der Waals surface area contributed by atoms with Gasteiger partial charge in [0.15, 0.2) is 25.2 Å². The van der Waals surface area contributed by atoms with E-state index >= 15 is 0 Å². The van der Waals surface area contributed by atoms with Crippen molar-refractivity contribution in [2.75, 3.05) is 103 Å². The summed E-state index contributed by atoms with van der Waals surface area (Å²) >= 11 is 5.14. The van der Waals surface area contributed by atoms with E-state index in [1.54, 1.807) is 0 Å². The fourth-order valence-electron chi connectivity index (χ4n) is 14.3. The van der Waals surface area contributed by atoms with Gasteiger partial charge in [-0.05, 0) is 24.3 Å². The first-order valence-electron chi connectivity index (χ1n) is 34.2. The van der Waals surface area contributed by atoms with E-state index in [4.69, 9.17) is 75.8 Å². The Morgan fingerprint density at radius 1 is 0.279 bits per heavy atom.